The van der Waals surface area contributed by atoms with E-state index >= 15 is 0 Å². The molecule has 33 heavy (non-hydrogen) atoms. The predicted octanol–water partition coefficient (Wildman–Crippen LogP) is 6.08. The number of benzene rings is 2. The molecule has 2 heterocycles. The first-order valence-electron chi connectivity index (χ1n) is 12.0. The van der Waals surface area contributed by atoms with E-state index < -0.39 is 17.5 Å². The largest absolute Gasteiger partial charge is 0.497 e. The van der Waals surface area contributed by atoms with Crippen LogP contribution in [0.25, 0.3) is 0 Å². The lowest BCUT2D eigenvalue weighted by atomic mass is 9.70. The molecule has 0 unspecified atom stereocenters. The van der Waals surface area contributed by atoms with Crippen LogP contribution in [0, 0.1) is 18.8 Å². The second-order valence-corrected chi connectivity index (χ2v) is 10.3. The molecule has 2 aromatic rings. The Kier molecular flexibility index (Phi) is 6.45. The molecule has 0 aliphatic carbocycles. The van der Waals surface area contributed by atoms with Crippen molar-refractivity contribution >= 4 is 5.97 Å². The van der Waals surface area contributed by atoms with Gasteiger partial charge < -0.3 is 19.3 Å². The first-order chi connectivity index (χ1) is 15.6. The summed E-state index contributed by atoms with van der Waals surface area (Å²) in [7, 11) is 1.65. The SMILES string of the molecule is COc1cccc(CC[C@@H]2O[C@@H]3c4c(C)ccc(C(C)C)c4OC(C)(C)[C@H]3C[C@H]2C(=O)O)c1. The van der Waals surface area contributed by atoms with Crippen LogP contribution < -0.4 is 9.47 Å². The molecule has 1 N–H and O–H groups in total. The highest BCUT2D eigenvalue weighted by atomic mass is 16.5. The van der Waals surface area contributed by atoms with Gasteiger partial charge in [0.25, 0.3) is 0 Å². The highest BCUT2D eigenvalue weighted by Crippen LogP contribution is 2.55. The van der Waals surface area contributed by atoms with Crippen LogP contribution in [0.2, 0.25) is 0 Å². The molecular weight excluding hydrogens is 416 g/mol. The maximum absolute atomic E-state index is 12.3. The van der Waals surface area contributed by atoms with Crippen LogP contribution in [-0.2, 0) is 16.0 Å². The molecule has 0 amide bonds. The van der Waals surface area contributed by atoms with Gasteiger partial charge in [0, 0.05) is 11.5 Å². The van der Waals surface area contributed by atoms with E-state index in [4.69, 9.17) is 14.2 Å². The van der Waals surface area contributed by atoms with Gasteiger partial charge in [0.15, 0.2) is 0 Å². The third kappa shape index (κ3) is 4.48. The molecule has 0 spiro atoms. The van der Waals surface area contributed by atoms with Crippen molar-refractivity contribution in [1.29, 1.82) is 0 Å². The molecule has 1 saturated heterocycles. The molecule has 0 aromatic heterocycles. The standard InChI is InChI=1S/C28H36O5/c1-16(2)20-12-10-17(3)24-25(20)33-28(4,5)22-15-21(27(29)30)23(32-26(22)24)13-11-18-8-7-9-19(14-18)31-6/h7-10,12,14,16,21-23,26H,11,13,15H2,1-6H3,(H,29,30)/t21-,22+,23+,26+/m1/s1. The van der Waals surface area contributed by atoms with Crippen molar-refractivity contribution in [2.24, 2.45) is 11.8 Å². The minimum atomic E-state index is -0.793. The summed E-state index contributed by atoms with van der Waals surface area (Å²) in [6.07, 6.45) is 1.39. The van der Waals surface area contributed by atoms with Crippen LogP contribution in [0.1, 0.15) is 74.8 Å². The molecule has 5 nitrogen and oxygen atoms in total. The zero-order valence-electron chi connectivity index (χ0n) is 20.6. The van der Waals surface area contributed by atoms with Gasteiger partial charge in [-0.2, -0.15) is 0 Å². The van der Waals surface area contributed by atoms with E-state index in [1.165, 1.54) is 5.56 Å². The van der Waals surface area contributed by atoms with Crippen molar-refractivity contribution in [3.63, 3.8) is 0 Å². The van der Waals surface area contributed by atoms with E-state index in [1.54, 1.807) is 7.11 Å². The van der Waals surface area contributed by atoms with Gasteiger partial charge in [-0.25, -0.2) is 0 Å². The molecule has 1 fully saturated rings. The molecule has 2 aromatic carbocycles. The summed E-state index contributed by atoms with van der Waals surface area (Å²) >= 11 is 0. The molecule has 2 aliphatic heterocycles. The molecule has 4 rings (SSSR count). The number of ether oxygens (including phenoxy) is 3. The van der Waals surface area contributed by atoms with Crippen molar-refractivity contribution in [1.82, 2.24) is 0 Å². The average Bonchev–Trinajstić information content (AvgIpc) is 2.76. The van der Waals surface area contributed by atoms with Crippen LogP contribution in [0.4, 0.5) is 0 Å². The Morgan fingerprint density at radius 2 is 2.00 bits per heavy atom. The van der Waals surface area contributed by atoms with Crippen LogP contribution in [0.15, 0.2) is 36.4 Å². The van der Waals surface area contributed by atoms with Crippen LogP contribution in [-0.4, -0.2) is 29.9 Å². The number of hydrogen-bond donors (Lipinski definition) is 1. The molecule has 5 heteroatoms. The van der Waals surface area contributed by atoms with Crippen LogP contribution in [0.3, 0.4) is 0 Å². The smallest absolute Gasteiger partial charge is 0.309 e. The summed E-state index contributed by atoms with van der Waals surface area (Å²) in [5, 5.41) is 10.1. The van der Waals surface area contributed by atoms with E-state index in [2.05, 4.69) is 52.8 Å². The zero-order valence-corrected chi connectivity index (χ0v) is 20.6. The maximum Gasteiger partial charge on any atom is 0.309 e. The summed E-state index contributed by atoms with van der Waals surface area (Å²) < 4.78 is 18.7. The summed E-state index contributed by atoms with van der Waals surface area (Å²) in [5.74, 6) is 0.680. The average molecular weight is 453 g/mol. The molecule has 2 aliphatic rings. The molecule has 0 saturated carbocycles. The third-order valence-corrected chi connectivity index (χ3v) is 7.42. The van der Waals surface area contributed by atoms with Gasteiger partial charge in [-0.3, -0.25) is 4.79 Å². The normalized spacial score (nSPS) is 25.7. The Labute approximate surface area is 197 Å². The third-order valence-electron chi connectivity index (χ3n) is 7.42. The summed E-state index contributed by atoms with van der Waals surface area (Å²) in [6.45, 7) is 10.6. The van der Waals surface area contributed by atoms with Gasteiger partial charge in [0.1, 0.15) is 17.1 Å². The Bertz CT molecular complexity index is 1020. The van der Waals surface area contributed by atoms with E-state index in [-0.39, 0.29) is 18.1 Å². The number of carboxylic acids is 1. The van der Waals surface area contributed by atoms with Crippen molar-refractivity contribution < 1.29 is 24.1 Å². The van der Waals surface area contributed by atoms with Crippen LogP contribution in [0.5, 0.6) is 11.5 Å². The minimum Gasteiger partial charge on any atom is -0.497 e. The summed E-state index contributed by atoms with van der Waals surface area (Å²) in [4.78, 5) is 12.3. The van der Waals surface area contributed by atoms with E-state index in [1.807, 2.05) is 18.2 Å². The van der Waals surface area contributed by atoms with Gasteiger partial charge in [-0.1, -0.05) is 38.1 Å². The first kappa shape index (κ1) is 23.6. The Morgan fingerprint density at radius 1 is 1.24 bits per heavy atom. The number of aryl methyl sites for hydroxylation is 2. The quantitative estimate of drug-likeness (QED) is 0.576. The van der Waals surface area contributed by atoms with Gasteiger partial charge in [-0.15, -0.1) is 0 Å². The fraction of sp³-hybridized carbons (Fsp3) is 0.536. The lowest BCUT2D eigenvalue weighted by molar-refractivity contribution is -0.188. The topological polar surface area (TPSA) is 65.0 Å². The number of rotatable bonds is 6. The van der Waals surface area contributed by atoms with E-state index in [9.17, 15) is 9.90 Å². The number of aliphatic carboxylic acids is 1. The lowest BCUT2D eigenvalue weighted by Gasteiger charge is -2.51. The molecular formula is C28H36O5. The van der Waals surface area contributed by atoms with Gasteiger partial charge >= 0.3 is 5.97 Å². The highest BCUT2D eigenvalue weighted by Gasteiger charge is 2.52. The van der Waals surface area contributed by atoms with Gasteiger partial charge in [0.2, 0.25) is 0 Å². The van der Waals surface area contributed by atoms with Gasteiger partial charge in [-0.05, 0) is 74.8 Å². The highest BCUT2D eigenvalue weighted by molar-refractivity contribution is 5.71. The molecule has 0 bridgehead atoms. The predicted molar refractivity (Wildman–Crippen MR) is 128 cm³/mol. The zero-order chi connectivity index (χ0) is 23.9. The van der Waals surface area contributed by atoms with E-state index in [0.717, 1.165) is 34.6 Å². The van der Waals surface area contributed by atoms with Crippen molar-refractivity contribution in [2.75, 3.05) is 7.11 Å². The Hall–Kier alpha value is -2.53. The molecule has 4 atom stereocenters. The number of fused-ring (bicyclic) bond motifs is 3. The van der Waals surface area contributed by atoms with Crippen molar-refractivity contribution in [2.45, 2.75) is 77.6 Å². The number of carboxylic acid groups (broad SMARTS) is 1. The van der Waals surface area contributed by atoms with Crippen molar-refractivity contribution in [3.8, 4) is 11.5 Å². The monoisotopic (exact) mass is 452 g/mol. The number of carbonyl (C=O) groups is 1. The minimum absolute atomic E-state index is 0.0275. The Balaban J connectivity index is 1.68. The van der Waals surface area contributed by atoms with Crippen LogP contribution >= 0.6 is 0 Å². The fourth-order valence-corrected chi connectivity index (χ4v) is 5.49. The van der Waals surface area contributed by atoms with Crippen molar-refractivity contribution in [3.05, 3.63) is 58.7 Å². The summed E-state index contributed by atoms with van der Waals surface area (Å²) in [5.41, 5.74) is 4.02. The number of hydrogen-bond acceptors (Lipinski definition) is 4. The lowest BCUT2D eigenvalue weighted by Crippen LogP contribution is -2.52. The van der Waals surface area contributed by atoms with E-state index in [0.29, 0.717) is 18.8 Å². The molecule has 178 valence electrons. The second-order valence-electron chi connectivity index (χ2n) is 10.3. The molecule has 0 radical (unpaired) electrons. The fourth-order valence-electron chi connectivity index (χ4n) is 5.49. The summed E-state index contributed by atoms with van der Waals surface area (Å²) in [6, 6.07) is 12.2. The Morgan fingerprint density at radius 3 is 2.67 bits per heavy atom. The van der Waals surface area contributed by atoms with Gasteiger partial charge in [0.05, 0.1) is 25.2 Å². The number of methoxy groups -OCH3 is 1. The first-order valence-corrected chi connectivity index (χ1v) is 12.0. The second kappa shape index (κ2) is 9.02. The maximum atomic E-state index is 12.3.